The summed E-state index contributed by atoms with van der Waals surface area (Å²) in [6.45, 7) is 2.49. The van der Waals surface area contributed by atoms with Crippen molar-refractivity contribution in [1.82, 2.24) is 10.6 Å². The van der Waals surface area contributed by atoms with E-state index in [1.165, 1.54) is 6.92 Å². The van der Waals surface area contributed by atoms with Crippen LogP contribution in [0.5, 0.6) is 0 Å². The van der Waals surface area contributed by atoms with E-state index < -0.39 is 18.5 Å². The Hall–Kier alpha value is -1.82. The number of fused-ring (bicyclic) bond motifs is 3. The molecule has 3 aromatic carbocycles. The van der Waals surface area contributed by atoms with Gasteiger partial charge in [0.2, 0.25) is 0 Å². The Morgan fingerprint density at radius 3 is 2.08 bits per heavy atom. The Balaban J connectivity index is 0.00000353. The average Bonchev–Trinajstić information content (AvgIpc) is 3.21. The molecule has 0 spiro atoms. The first-order chi connectivity index (χ1) is 18.2. The summed E-state index contributed by atoms with van der Waals surface area (Å²) in [5.74, 6) is -0.0881. The second kappa shape index (κ2) is 12.4. The Bertz CT molecular complexity index is 1330. The van der Waals surface area contributed by atoms with Gasteiger partial charge >= 0.3 is 64.5 Å². The zero-order valence-corrected chi connectivity index (χ0v) is 26.0. The number of hydrogen-bond donors (Lipinski definition) is 2. The fraction of sp³-hybridized carbons (Fsp3) is 0.345. The van der Waals surface area contributed by atoms with E-state index in [0.717, 1.165) is 27.8 Å². The predicted molar refractivity (Wildman–Crippen MR) is 146 cm³/mol. The number of benzene rings is 3. The number of rotatable bonds is 6. The molecule has 5 nitrogen and oxygen atoms in total. The van der Waals surface area contributed by atoms with Crippen LogP contribution >= 0.6 is 0 Å². The van der Waals surface area contributed by atoms with Crippen molar-refractivity contribution in [2.75, 3.05) is 37.7 Å². The van der Waals surface area contributed by atoms with Crippen LogP contribution in [-0.4, -0.2) is 45.9 Å². The van der Waals surface area contributed by atoms with E-state index >= 15 is 0 Å². The number of nitrogens with one attached hydrogen (secondary N) is 2. The van der Waals surface area contributed by atoms with E-state index in [2.05, 4.69) is 22.8 Å². The van der Waals surface area contributed by atoms with Gasteiger partial charge in [-0.1, -0.05) is 59.7 Å². The summed E-state index contributed by atoms with van der Waals surface area (Å²) in [5, 5.41) is 5.98. The molecule has 1 heterocycles. The Morgan fingerprint density at radius 1 is 0.949 bits per heavy atom. The van der Waals surface area contributed by atoms with Gasteiger partial charge in [-0.15, -0.1) is 5.46 Å². The molecule has 200 valence electrons. The number of piperazine rings is 1. The predicted octanol–water partition coefficient (Wildman–Crippen LogP) is 2.12. The summed E-state index contributed by atoms with van der Waals surface area (Å²) in [7, 11) is 0. The first kappa shape index (κ1) is 30.1. The van der Waals surface area contributed by atoms with Crippen LogP contribution in [0.1, 0.15) is 39.3 Å². The number of halogens is 3. The van der Waals surface area contributed by atoms with Gasteiger partial charge < -0.3 is 33.2 Å². The van der Waals surface area contributed by atoms with Crippen molar-refractivity contribution in [1.29, 1.82) is 0 Å². The molecule has 39 heavy (non-hydrogen) atoms. The number of ether oxygens (including phenoxy) is 1. The summed E-state index contributed by atoms with van der Waals surface area (Å²) in [4.78, 5) is 14.8. The van der Waals surface area contributed by atoms with Crippen LogP contribution < -0.4 is 72.4 Å². The molecule has 1 fully saturated rings. The molecule has 3 aromatic rings. The number of anilines is 1. The molecular weight excluding hydrogens is 529 g/mol. The molecule has 1 aliphatic carbocycles. The molecule has 1 saturated heterocycles. The first-order valence-electron chi connectivity index (χ1n) is 13.1. The molecule has 1 aliphatic heterocycles. The number of carbonyl (C=O) groups excluding carboxylic acids is 1. The van der Waals surface area contributed by atoms with Crippen LogP contribution in [0.2, 0.25) is 0 Å². The number of alkyl carbamates (subject to hydrolysis) is 1. The smallest absolute Gasteiger partial charge is 0.449 e. The quantitative estimate of drug-likeness (QED) is 0.453. The van der Waals surface area contributed by atoms with Crippen molar-refractivity contribution in [2.45, 2.75) is 33.2 Å². The fourth-order valence-corrected chi connectivity index (χ4v) is 6.21. The molecule has 0 bridgehead atoms. The molecular formula is C29H32BF3KN3O2. The van der Waals surface area contributed by atoms with Gasteiger partial charge in [0.1, 0.15) is 6.61 Å². The topological polar surface area (TPSA) is 53.6 Å². The second-order valence-electron chi connectivity index (χ2n) is 10.1. The molecule has 0 saturated carbocycles. The van der Waals surface area contributed by atoms with Gasteiger partial charge in [0.15, 0.2) is 0 Å². The number of hydrogen-bond acceptors (Lipinski definition) is 4. The normalized spacial score (nSPS) is 14.9. The van der Waals surface area contributed by atoms with Gasteiger partial charge in [-0.25, -0.2) is 4.79 Å². The van der Waals surface area contributed by atoms with Crippen molar-refractivity contribution in [3.05, 3.63) is 81.9 Å². The van der Waals surface area contributed by atoms with Gasteiger partial charge in [0.05, 0.1) is 0 Å². The fourth-order valence-electron chi connectivity index (χ4n) is 6.21. The van der Waals surface area contributed by atoms with Crippen molar-refractivity contribution in [3.8, 4) is 11.1 Å². The number of carbonyl (C=O) groups is 1. The maximum absolute atomic E-state index is 14.2. The third-order valence-electron chi connectivity index (χ3n) is 7.94. The Labute approximate surface area is 270 Å². The van der Waals surface area contributed by atoms with Crippen molar-refractivity contribution in [3.63, 3.8) is 0 Å². The van der Waals surface area contributed by atoms with E-state index in [4.69, 9.17) is 4.74 Å². The van der Waals surface area contributed by atoms with Gasteiger partial charge in [0, 0.05) is 44.3 Å². The minimum absolute atomic E-state index is 0. The third kappa shape index (κ3) is 5.97. The zero-order valence-electron chi connectivity index (χ0n) is 22.9. The standard InChI is InChI=1S/C29H32BF3N3O2.K/c1-18-25(19(2)28(36-14-12-34-13-15-36)20(3)27(18)30(31,32)33)16-35-29(37)38-17-26-23-10-6-4-8-21(23)22-9-5-7-11-24(22)26;/h4-11,26,34H,12-17H2,1-3H3,(H,35,37);/q-1;+1. The molecule has 0 radical (unpaired) electrons. The van der Waals surface area contributed by atoms with Crippen LogP contribution in [0.15, 0.2) is 48.5 Å². The molecule has 0 aromatic heterocycles. The van der Waals surface area contributed by atoms with Crippen LogP contribution in [-0.2, 0) is 11.3 Å². The van der Waals surface area contributed by atoms with Crippen molar-refractivity contribution >= 4 is 24.2 Å². The Morgan fingerprint density at radius 2 is 1.51 bits per heavy atom. The largest absolute Gasteiger partial charge is 1.00 e. The Kier molecular flexibility index (Phi) is 9.56. The van der Waals surface area contributed by atoms with Gasteiger partial charge in [-0.3, -0.25) is 0 Å². The summed E-state index contributed by atoms with van der Waals surface area (Å²) < 4.78 is 48.3. The molecule has 0 unspecified atom stereocenters. The maximum atomic E-state index is 14.2. The second-order valence-corrected chi connectivity index (χ2v) is 10.1. The zero-order chi connectivity index (χ0) is 27.0. The number of nitrogens with zero attached hydrogens (tertiary/aromatic N) is 1. The van der Waals surface area contributed by atoms with E-state index in [1.54, 1.807) is 6.92 Å². The minimum atomic E-state index is -5.22. The van der Waals surface area contributed by atoms with E-state index in [1.807, 2.05) is 48.2 Å². The van der Waals surface area contributed by atoms with E-state index in [9.17, 15) is 17.7 Å². The molecule has 5 rings (SSSR count). The average molecular weight is 561 g/mol. The molecule has 0 atom stereocenters. The molecule has 2 N–H and O–H groups in total. The van der Waals surface area contributed by atoms with Crippen molar-refractivity contribution < 1.29 is 73.9 Å². The SMILES string of the molecule is Cc1c(CNC(=O)OCC2c3ccccc3-c3ccccc32)c(C)c([B-](F)(F)F)c(C)c1N1CCNCC1.[K+]. The van der Waals surface area contributed by atoms with Crippen LogP contribution in [0.3, 0.4) is 0 Å². The summed E-state index contributed by atoms with van der Waals surface area (Å²) in [6.07, 6.45) is -0.644. The molecule has 1 amide bonds. The van der Waals surface area contributed by atoms with E-state index in [-0.39, 0.29) is 81.6 Å². The van der Waals surface area contributed by atoms with Crippen molar-refractivity contribution in [2.24, 2.45) is 0 Å². The third-order valence-corrected chi connectivity index (χ3v) is 7.94. The summed E-state index contributed by atoms with van der Waals surface area (Å²) in [6, 6.07) is 16.1. The number of amides is 1. The molecule has 2 aliphatic rings. The van der Waals surface area contributed by atoms with Gasteiger partial charge in [-0.05, 0) is 54.2 Å². The van der Waals surface area contributed by atoms with Crippen LogP contribution in [0, 0.1) is 20.8 Å². The minimum Gasteiger partial charge on any atom is -0.449 e. The van der Waals surface area contributed by atoms with E-state index in [0.29, 0.717) is 37.4 Å². The summed E-state index contributed by atoms with van der Waals surface area (Å²) in [5.41, 5.74) is 6.22. The van der Waals surface area contributed by atoms with Gasteiger partial charge in [-0.2, -0.15) is 0 Å². The van der Waals surface area contributed by atoms with Crippen LogP contribution in [0.25, 0.3) is 11.1 Å². The maximum Gasteiger partial charge on any atom is 1.00 e. The molecule has 10 heteroatoms. The monoisotopic (exact) mass is 561 g/mol. The first-order valence-corrected chi connectivity index (χ1v) is 13.1. The summed E-state index contributed by atoms with van der Waals surface area (Å²) >= 11 is 0. The van der Waals surface area contributed by atoms with Crippen LogP contribution in [0.4, 0.5) is 23.4 Å². The van der Waals surface area contributed by atoms with Gasteiger partial charge in [0.25, 0.3) is 0 Å².